The first-order valence-corrected chi connectivity index (χ1v) is 9.80. The van der Waals surface area contributed by atoms with Gasteiger partial charge in [0.2, 0.25) is 0 Å². The number of benzene rings is 1. The van der Waals surface area contributed by atoms with Crippen LogP contribution in [0.25, 0.3) is 0 Å². The molecular weight excluding hydrogens is 344 g/mol. The number of hydrogen-bond acceptors (Lipinski definition) is 4. The maximum Gasteiger partial charge on any atom is 0.410 e. The van der Waals surface area contributed by atoms with Crippen molar-refractivity contribution < 1.29 is 19.1 Å². The summed E-state index contributed by atoms with van der Waals surface area (Å²) >= 11 is 0. The summed E-state index contributed by atoms with van der Waals surface area (Å²) in [6.45, 7) is 7.01. The number of amides is 2. The summed E-state index contributed by atoms with van der Waals surface area (Å²) in [5.41, 5.74) is 0.442. The summed E-state index contributed by atoms with van der Waals surface area (Å²) in [4.78, 5) is 28.7. The molecule has 2 fully saturated rings. The molecule has 1 heterocycles. The van der Waals surface area contributed by atoms with Crippen LogP contribution in [0.1, 0.15) is 52.0 Å². The molecule has 1 aliphatic carbocycles. The Kier molecular flexibility index (Phi) is 5.92. The maximum atomic E-state index is 12.7. The fraction of sp³-hybridized carbons (Fsp3) is 0.619. The molecule has 0 spiro atoms. The van der Waals surface area contributed by atoms with Crippen molar-refractivity contribution in [2.75, 3.05) is 13.1 Å². The van der Waals surface area contributed by atoms with E-state index in [4.69, 9.17) is 9.47 Å². The summed E-state index contributed by atoms with van der Waals surface area (Å²) in [7, 11) is 0. The van der Waals surface area contributed by atoms with Crippen LogP contribution in [-0.2, 0) is 16.1 Å². The second kappa shape index (κ2) is 8.19. The Labute approximate surface area is 161 Å². The van der Waals surface area contributed by atoms with E-state index in [1.807, 2.05) is 56.0 Å². The molecule has 1 saturated carbocycles. The average Bonchev–Trinajstić information content (AvgIpc) is 3.04. The van der Waals surface area contributed by atoms with Gasteiger partial charge in [0.15, 0.2) is 0 Å². The summed E-state index contributed by atoms with van der Waals surface area (Å²) in [5.74, 6) is 0. The van der Waals surface area contributed by atoms with Crippen LogP contribution < -0.4 is 0 Å². The molecule has 1 aromatic rings. The van der Waals surface area contributed by atoms with Crippen LogP contribution in [0, 0.1) is 0 Å². The molecule has 0 aromatic heterocycles. The van der Waals surface area contributed by atoms with Gasteiger partial charge in [0.1, 0.15) is 12.2 Å². The molecule has 1 saturated heterocycles. The highest BCUT2D eigenvalue weighted by atomic mass is 16.6. The molecule has 0 N–H and O–H groups in total. The molecular formula is C21H30N2O4. The third-order valence-electron chi connectivity index (χ3n) is 5.09. The Morgan fingerprint density at radius 1 is 1.11 bits per heavy atom. The van der Waals surface area contributed by atoms with Gasteiger partial charge in [0, 0.05) is 19.1 Å². The lowest BCUT2D eigenvalue weighted by molar-refractivity contribution is -0.00518. The van der Waals surface area contributed by atoms with Crippen molar-refractivity contribution >= 4 is 12.2 Å². The van der Waals surface area contributed by atoms with E-state index in [9.17, 15) is 9.59 Å². The van der Waals surface area contributed by atoms with Gasteiger partial charge in [-0.3, -0.25) is 0 Å². The Morgan fingerprint density at radius 2 is 1.81 bits per heavy atom. The first kappa shape index (κ1) is 19.5. The smallest absolute Gasteiger partial charge is 0.410 e. The number of carbonyl (C=O) groups excluding carboxylic acids is 2. The van der Waals surface area contributed by atoms with Gasteiger partial charge in [0.25, 0.3) is 0 Å². The molecule has 0 unspecified atom stereocenters. The molecule has 1 atom stereocenters. The lowest BCUT2D eigenvalue weighted by Crippen LogP contribution is -2.52. The van der Waals surface area contributed by atoms with Crippen molar-refractivity contribution in [3.63, 3.8) is 0 Å². The minimum atomic E-state index is -0.522. The van der Waals surface area contributed by atoms with Gasteiger partial charge >= 0.3 is 12.2 Å². The number of rotatable bonds is 4. The molecule has 6 heteroatoms. The second-order valence-electron chi connectivity index (χ2n) is 8.40. The van der Waals surface area contributed by atoms with E-state index in [2.05, 4.69) is 0 Å². The fourth-order valence-corrected chi connectivity index (χ4v) is 3.52. The standard InChI is InChI=1S/C21H30N2O4/c1-21(2,3)27-20(25)23(17-10-7-11-17)18-12-13-22(14-18)19(24)26-15-16-8-5-4-6-9-16/h4-6,8-9,17-18H,7,10-15H2,1-3H3/t18-/m1/s1. The van der Waals surface area contributed by atoms with Crippen LogP contribution in [0.2, 0.25) is 0 Å². The van der Waals surface area contributed by atoms with Gasteiger partial charge in [-0.25, -0.2) is 9.59 Å². The van der Waals surface area contributed by atoms with Gasteiger partial charge < -0.3 is 19.3 Å². The molecule has 1 aromatic carbocycles. The van der Waals surface area contributed by atoms with Gasteiger partial charge in [-0.1, -0.05) is 30.3 Å². The highest BCUT2D eigenvalue weighted by Crippen LogP contribution is 2.31. The molecule has 0 bridgehead atoms. The van der Waals surface area contributed by atoms with E-state index in [0.29, 0.717) is 13.1 Å². The Bertz CT molecular complexity index is 652. The van der Waals surface area contributed by atoms with Gasteiger partial charge in [-0.15, -0.1) is 0 Å². The number of likely N-dealkylation sites (tertiary alicyclic amines) is 1. The van der Waals surface area contributed by atoms with E-state index in [1.54, 1.807) is 4.90 Å². The van der Waals surface area contributed by atoms with E-state index < -0.39 is 5.60 Å². The monoisotopic (exact) mass is 374 g/mol. The quantitative estimate of drug-likeness (QED) is 0.793. The van der Waals surface area contributed by atoms with Crippen molar-refractivity contribution in [1.29, 1.82) is 0 Å². The molecule has 2 aliphatic rings. The van der Waals surface area contributed by atoms with Crippen LogP contribution in [0.3, 0.4) is 0 Å². The van der Waals surface area contributed by atoms with Crippen molar-refractivity contribution in [3.05, 3.63) is 35.9 Å². The average molecular weight is 374 g/mol. The van der Waals surface area contributed by atoms with Crippen LogP contribution in [0.5, 0.6) is 0 Å². The topological polar surface area (TPSA) is 59.1 Å². The number of hydrogen-bond donors (Lipinski definition) is 0. The van der Waals surface area contributed by atoms with Crippen LogP contribution in [0.15, 0.2) is 30.3 Å². The normalized spacial score (nSPS) is 20.1. The lowest BCUT2D eigenvalue weighted by Gasteiger charge is -2.41. The van der Waals surface area contributed by atoms with Crippen LogP contribution >= 0.6 is 0 Å². The molecule has 27 heavy (non-hydrogen) atoms. The molecule has 1 aliphatic heterocycles. The minimum absolute atomic E-state index is 0.00516. The first-order valence-electron chi connectivity index (χ1n) is 9.80. The van der Waals surface area contributed by atoms with E-state index in [1.165, 1.54) is 0 Å². The summed E-state index contributed by atoms with van der Waals surface area (Å²) in [5, 5.41) is 0. The lowest BCUT2D eigenvalue weighted by atomic mass is 9.90. The number of carbonyl (C=O) groups is 2. The summed E-state index contributed by atoms with van der Waals surface area (Å²) in [6.07, 6.45) is 3.33. The highest BCUT2D eigenvalue weighted by molar-refractivity contribution is 5.71. The van der Waals surface area contributed by atoms with Gasteiger partial charge in [0.05, 0.1) is 6.04 Å². The Hall–Kier alpha value is -2.24. The molecule has 3 rings (SSSR count). The highest BCUT2D eigenvalue weighted by Gasteiger charge is 2.40. The zero-order chi connectivity index (χ0) is 19.4. The number of ether oxygens (including phenoxy) is 2. The third kappa shape index (κ3) is 5.15. The molecule has 0 radical (unpaired) electrons. The van der Waals surface area contributed by atoms with E-state index >= 15 is 0 Å². The largest absolute Gasteiger partial charge is 0.445 e. The molecule has 6 nitrogen and oxygen atoms in total. The van der Waals surface area contributed by atoms with Crippen molar-refractivity contribution in [3.8, 4) is 0 Å². The molecule has 2 amide bonds. The zero-order valence-corrected chi connectivity index (χ0v) is 16.5. The summed E-state index contributed by atoms with van der Waals surface area (Å²) < 4.78 is 11.1. The van der Waals surface area contributed by atoms with Crippen molar-refractivity contribution in [2.24, 2.45) is 0 Å². The predicted octanol–water partition coefficient (Wildman–Crippen LogP) is 4.19. The zero-order valence-electron chi connectivity index (χ0n) is 16.5. The van der Waals surface area contributed by atoms with Crippen molar-refractivity contribution in [1.82, 2.24) is 9.80 Å². The van der Waals surface area contributed by atoms with E-state index in [0.717, 1.165) is 31.2 Å². The van der Waals surface area contributed by atoms with Crippen LogP contribution in [-0.4, -0.2) is 52.8 Å². The van der Waals surface area contributed by atoms with Gasteiger partial charge in [-0.05, 0) is 52.0 Å². The van der Waals surface area contributed by atoms with Gasteiger partial charge in [-0.2, -0.15) is 0 Å². The SMILES string of the molecule is CC(C)(C)OC(=O)N(C1CCC1)[C@@H]1CCN(C(=O)OCc2ccccc2)C1. The Balaban J connectivity index is 1.56. The first-order chi connectivity index (χ1) is 12.8. The number of nitrogens with zero attached hydrogens (tertiary/aromatic N) is 2. The van der Waals surface area contributed by atoms with Crippen molar-refractivity contribution in [2.45, 2.75) is 70.7 Å². The predicted molar refractivity (Wildman–Crippen MR) is 102 cm³/mol. The van der Waals surface area contributed by atoms with E-state index in [-0.39, 0.29) is 30.9 Å². The fourth-order valence-electron chi connectivity index (χ4n) is 3.52. The minimum Gasteiger partial charge on any atom is -0.445 e. The maximum absolute atomic E-state index is 12.7. The third-order valence-corrected chi connectivity index (χ3v) is 5.09. The molecule has 148 valence electrons. The van der Waals surface area contributed by atoms with Crippen LogP contribution in [0.4, 0.5) is 9.59 Å². The summed E-state index contributed by atoms with van der Waals surface area (Å²) in [6, 6.07) is 9.86. The Morgan fingerprint density at radius 3 is 2.41 bits per heavy atom. The second-order valence-corrected chi connectivity index (χ2v) is 8.40.